The summed E-state index contributed by atoms with van der Waals surface area (Å²) in [6.07, 6.45) is 4.62. The van der Waals surface area contributed by atoms with E-state index in [1.54, 1.807) is 12.1 Å². The summed E-state index contributed by atoms with van der Waals surface area (Å²) in [7, 11) is 0. The first kappa shape index (κ1) is 14.6. The highest BCUT2D eigenvalue weighted by atomic mass is 16.6. The van der Waals surface area contributed by atoms with E-state index in [0.717, 1.165) is 24.4 Å². The van der Waals surface area contributed by atoms with Crippen molar-refractivity contribution in [3.8, 4) is 0 Å². The molecular weight excluding hydrogens is 276 g/mol. The maximum absolute atomic E-state index is 10.7. The third-order valence-electron chi connectivity index (χ3n) is 4.41. The molecule has 3 rings (SSSR count). The number of benzene rings is 2. The zero-order chi connectivity index (χ0) is 15.5. The fourth-order valence-electron chi connectivity index (χ4n) is 2.99. The molecule has 0 heterocycles. The maximum Gasteiger partial charge on any atom is 0.269 e. The lowest BCUT2D eigenvalue weighted by molar-refractivity contribution is -0.384. The Hall–Kier alpha value is -2.36. The van der Waals surface area contributed by atoms with Crippen LogP contribution in [0.4, 0.5) is 11.4 Å². The highest BCUT2D eigenvalue weighted by Gasteiger charge is 2.31. The van der Waals surface area contributed by atoms with E-state index in [4.69, 9.17) is 5.73 Å². The first-order valence-corrected chi connectivity index (χ1v) is 7.69. The zero-order valence-electron chi connectivity index (χ0n) is 12.4. The highest BCUT2D eigenvalue weighted by Crippen LogP contribution is 2.40. The molecule has 1 saturated carbocycles. The predicted molar refractivity (Wildman–Crippen MR) is 87.6 cm³/mol. The second kappa shape index (κ2) is 6.18. The summed E-state index contributed by atoms with van der Waals surface area (Å²) in [5, 5.41) is 10.7. The van der Waals surface area contributed by atoms with Crippen LogP contribution in [0.15, 0.2) is 48.5 Å². The number of anilines is 1. The van der Waals surface area contributed by atoms with Gasteiger partial charge >= 0.3 is 0 Å². The normalized spacial score (nSPS) is 15.5. The van der Waals surface area contributed by atoms with Gasteiger partial charge in [-0.25, -0.2) is 0 Å². The molecule has 2 N–H and O–H groups in total. The minimum atomic E-state index is -0.351. The summed E-state index contributed by atoms with van der Waals surface area (Å²) in [6.45, 7) is 0. The van der Waals surface area contributed by atoms with Crippen LogP contribution in [-0.4, -0.2) is 4.92 Å². The van der Waals surface area contributed by atoms with Gasteiger partial charge in [-0.1, -0.05) is 24.3 Å². The fourth-order valence-corrected chi connectivity index (χ4v) is 2.99. The molecule has 1 aliphatic rings. The van der Waals surface area contributed by atoms with Gasteiger partial charge in [-0.05, 0) is 60.8 Å². The summed E-state index contributed by atoms with van der Waals surface area (Å²) >= 11 is 0. The largest absolute Gasteiger partial charge is 0.399 e. The van der Waals surface area contributed by atoms with Crippen molar-refractivity contribution in [1.29, 1.82) is 0 Å². The summed E-state index contributed by atoms with van der Waals surface area (Å²) < 4.78 is 0. The lowest BCUT2D eigenvalue weighted by Gasteiger charge is -2.16. The van der Waals surface area contributed by atoms with Gasteiger partial charge in [0.2, 0.25) is 0 Å². The van der Waals surface area contributed by atoms with E-state index >= 15 is 0 Å². The Morgan fingerprint density at radius 1 is 1.00 bits per heavy atom. The number of rotatable bonds is 6. The molecule has 1 atom stereocenters. The van der Waals surface area contributed by atoms with Crippen LogP contribution >= 0.6 is 0 Å². The SMILES string of the molecule is Nc1ccc(CC(Cc2ccc([N+](=O)[O-])cc2)C2CC2)cc1. The Kier molecular flexibility index (Phi) is 4.09. The molecule has 1 unspecified atom stereocenters. The molecule has 4 heteroatoms. The van der Waals surface area contributed by atoms with Gasteiger partial charge in [0.15, 0.2) is 0 Å². The molecule has 2 aromatic carbocycles. The summed E-state index contributed by atoms with van der Waals surface area (Å²) in [5.74, 6) is 1.39. The highest BCUT2D eigenvalue weighted by molar-refractivity contribution is 5.39. The van der Waals surface area contributed by atoms with Gasteiger partial charge in [0.1, 0.15) is 0 Å². The number of nitro benzene ring substituents is 1. The fraction of sp³-hybridized carbons (Fsp3) is 0.333. The lowest BCUT2D eigenvalue weighted by atomic mass is 9.88. The summed E-state index contributed by atoms with van der Waals surface area (Å²) in [5.41, 5.74) is 9.18. The predicted octanol–water partition coefficient (Wildman–Crippen LogP) is 3.99. The summed E-state index contributed by atoms with van der Waals surface area (Å²) in [6, 6.07) is 15.1. The van der Waals surface area contributed by atoms with Crippen LogP contribution in [-0.2, 0) is 12.8 Å². The third kappa shape index (κ3) is 3.64. The molecule has 1 fully saturated rings. The van der Waals surface area contributed by atoms with Crippen molar-refractivity contribution in [3.05, 3.63) is 69.8 Å². The molecule has 2 aromatic rings. The van der Waals surface area contributed by atoms with Crippen molar-refractivity contribution < 1.29 is 4.92 Å². The average Bonchev–Trinajstić information content (AvgIpc) is 3.34. The standard InChI is InChI=1S/C18H20N2O2/c19-17-7-1-13(2-8-17)11-16(15-5-6-15)12-14-3-9-18(10-4-14)20(21)22/h1-4,7-10,15-16H,5-6,11-12,19H2. The van der Waals surface area contributed by atoms with E-state index < -0.39 is 0 Å². The second-order valence-electron chi connectivity index (χ2n) is 6.17. The Balaban J connectivity index is 1.69. The number of non-ortho nitro benzene ring substituents is 1. The van der Waals surface area contributed by atoms with Gasteiger partial charge in [-0.3, -0.25) is 10.1 Å². The van der Waals surface area contributed by atoms with Crippen LogP contribution in [0.3, 0.4) is 0 Å². The van der Waals surface area contributed by atoms with Gasteiger partial charge in [-0.2, -0.15) is 0 Å². The van der Waals surface area contributed by atoms with Crippen LogP contribution in [0.1, 0.15) is 24.0 Å². The molecule has 0 amide bonds. The van der Waals surface area contributed by atoms with Crippen molar-refractivity contribution in [1.82, 2.24) is 0 Å². The Labute approximate surface area is 130 Å². The van der Waals surface area contributed by atoms with E-state index in [1.807, 2.05) is 24.3 Å². The molecule has 114 valence electrons. The molecule has 0 radical (unpaired) electrons. The smallest absolute Gasteiger partial charge is 0.269 e. The molecular formula is C18H20N2O2. The van der Waals surface area contributed by atoms with E-state index in [9.17, 15) is 10.1 Å². The van der Waals surface area contributed by atoms with Gasteiger partial charge < -0.3 is 5.73 Å². The minimum Gasteiger partial charge on any atom is -0.399 e. The molecule has 0 spiro atoms. The number of nitrogens with two attached hydrogens (primary N) is 1. The molecule has 0 aromatic heterocycles. The average molecular weight is 296 g/mol. The van der Waals surface area contributed by atoms with E-state index in [1.165, 1.54) is 24.0 Å². The van der Waals surface area contributed by atoms with Crippen molar-refractivity contribution in [2.45, 2.75) is 25.7 Å². The van der Waals surface area contributed by atoms with Crippen molar-refractivity contribution in [2.75, 3.05) is 5.73 Å². The van der Waals surface area contributed by atoms with Crippen LogP contribution < -0.4 is 5.73 Å². The maximum atomic E-state index is 10.7. The first-order valence-electron chi connectivity index (χ1n) is 7.69. The Morgan fingerprint density at radius 2 is 1.50 bits per heavy atom. The number of hydrogen-bond acceptors (Lipinski definition) is 3. The molecule has 0 aliphatic heterocycles. The van der Waals surface area contributed by atoms with Crippen molar-refractivity contribution >= 4 is 11.4 Å². The molecule has 0 bridgehead atoms. The Morgan fingerprint density at radius 3 is 1.95 bits per heavy atom. The van der Waals surface area contributed by atoms with Crippen molar-refractivity contribution in [2.24, 2.45) is 11.8 Å². The number of nitrogens with zero attached hydrogens (tertiary/aromatic N) is 1. The van der Waals surface area contributed by atoms with E-state index in [0.29, 0.717) is 5.92 Å². The van der Waals surface area contributed by atoms with Crippen LogP contribution in [0.5, 0.6) is 0 Å². The Bertz CT molecular complexity index is 646. The molecule has 0 saturated heterocycles. The van der Waals surface area contributed by atoms with Crippen LogP contribution in [0, 0.1) is 22.0 Å². The number of hydrogen-bond donors (Lipinski definition) is 1. The van der Waals surface area contributed by atoms with Crippen LogP contribution in [0.2, 0.25) is 0 Å². The lowest BCUT2D eigenvalue weighted by Crippen LogP contribution is -2.11. The van der Waals surface area contributed by atoms with Gasteiger partial charge in [-0.15, -0.1) is 0 Å². The molecule has 1 aliphatic carbocycles. The van der Waals surface area contributed by atoms with E-state index in [-0.39, 0.29) is 10.6 Å². The first-order chi connectivity index (χ1) is 10.6. The minimum absolute atomic E-state index is 0.158. The number of nitro groups is 1. The van der Waals surface area contributed by atoms with Gasteiger partial charge in [0, 0.05) is 17.8 Å². The van der Waals surface area contributed by atoms with E-state index in [2.05, 4.69) is 12.1 Å². The van der Waals surface area contributed by atoms with Crippen LogP contribution in [0.25, 0.3) is 0 Å². The zero-order valence-corrected chi connectivity index (χ0v) is 12.4. The third-order valence-corrected chi connectivity index (χ3v) is 4.41. The topological polar surface area (TPSA) is 69.2 Å². The monoisotopic (exact) mass is 296 g/mol. The molecule has 4 nitrogen and oxygen atoms in total. The number of nitrogen functional groups attached to an aromatic ring is 1. The quantitative estimate of drug-likeness (QED) is 0.498. The van der Waals surface area contributed by atoms with Crippen molar-refractivity contribution in [3.63, 3.8) is 0 Å². The molecule has 22 heavy (non-hydrogen) atoms. The van der Waals surface area contributed by atoms with Gasteiger partial charge in [0.25, 0.3) is 5.69 Å². The summed E-state index contributed by atoms with van der Waals surface area (Å²) in [4.78, 5) is 10.4. The second-order valence-corrected chi connectivity index (χ2v) is 6.17. The van der Waals surface area contributed by atoms with Gasteiger partial charge in [0.05, 0.1) is 4.92 Å².